The van der Waals surface area contributed by atoms with Crippen LogP contribution in [0.25, 0.3) is 0 Å². The summed E-state index contributed by atoms with van der Waals surface area (Å²) >= 11 is 0. The Morgan fingerprint density at radius 3 is 0.952 bits per heavy atom. The summed E-state index contributed by atoms with van der Waals surface area (Å²) < 4.78 is 0. The van der Waals surface area contributed by atoms with Gasteiger partial charge in [0.2, 0.25) is 0 Å². The fourth-order valence-electron chi connectivity index (χ4n) is 2.69. The van der Waals surface area contributed by atoms with Crippen LogP contribution in [0.1, 0.15) is 110 Å². The third-order valence-corrected chi connectivity index (χ3v) is 4.06. The quantitative estimate of drug-likeness (QED) is 0.329. The van der Waals surface area contributed by atoms with E-state index in [-0.39, 0.29) is 29.5 Å². The zero-order chi connectivity index (χ0) is 14.0. The van der Waals surface area contributed by atoms with Crippen molar-refractivity contribution in [3.63, 3.8) is 0 Å². The van der Waals surface area contributed by atoms with Crippen LogP contribution >= 0.6 is 0 Å². The molecule has 0 aliphatic carbocycles. The average molecular weight is 369 g/mol. The van der Waals surface area contributed by atoms with Crippen molar-refractivity contribution in [1.82, 2.24) is 0 Å². The number of rotatable bonds is 16. The number of halogens is 1. The number of hydrogen-bond donors (Lipinski definition) is 1. The molecule has 0 bridgehead atoms. The van der Waals surface area contributed by atoms with Gasteiger partial charge in [0.15, 0.2) is 0 Å². The molecule has 134 valence electrons. The summed E-state index contributed by atoms with van der Waals surface area (Å²) in [5, 5.41) is 0. The molecule has 0 aromatic carbocycles. The van der Waals surface area contributed by atoms with Crippen LogP contribution in [0.5, 0.6) is 0 Å². The van der Waals surface area contributed by atoms with E-state index in [9.17, 15) is 0 Å². The predicted molar refractivity (Wildman–Crippen MR) is 88.6 cm³/mol. The smallest absolute Gasteiger partial charge is 1.00 e. The summed E-state index contributed by atoms with van der Waals surface area (Å²) in [4.78, 5) is 0. The van der Waals surface area contributed by atoms with Crippen LogP contribution in [0, 0.1) is 0 Å². The molecule has 0 aliphatic rings. The standard InChI is InChI=1S/C18H39N.ClH.Cu/c1-2-3-4-5-6-7-8-9-10-11-12-13-14-15-16-17-18-19;;/h2-19H2,1H3;1H;/q;;+1/p-1. The maximum absolute atomic E-state index is 5.48. The largest absolute Gasteiger partial charge is 1.00 e. The molecule has 21 heavy (non-hydrogen) atoms. The SMILES string of the molecule is CCCCCCCCCCCCCCCCCCN.[Cl-].[Cu+]. The van der Waals surface area contributed by atoms with Gasteiger partial charge in [0.05, 0.1) is 0 Å². The van der Waals surface area contributed by atoms with Gasteiger partial charge in [0, 0.05) is 0 Å². The van der Waals surface area contributed by atoms with Gasteiger partial charge in [0.25, 0.3) is 0 Å². The molecule has 0 aromatic rings. The zero-order valence-electron chi connectivity index (χ0n) is 14.3. The first-order chi connectivity index (χ1) is 9.41. The third-order valence-electron chi connectivity index (χ3n) is 4.06. The van der Waals surface area contributed by atoms with Gasteiger partial charge in [-0.2, -0.15) is 0 Å². The Labute approximate surface area is 151 Å². The Hall–Kier alpha value is 0.769. The first-order valence-electron chi connectivity index (χ1n) is 9.12. The topological polar surface area (TPSA) is 26.0 Å². The van der Waals surface area contributed by atoms with Crippen LogP contribution in [0.2, 0.25) is 0 Å². The van der Waals surface area contributed by atoms with E-state index in [4.69, 9.17) is 5.73 Å². The molecule has 0 saturated carbocycles. The Morgan fingerprint density at radius 1 is 0.476 bits per heavy atom. The van der Waals surface area contributed by atoms with Crippen LogP contribution < -0.4 is 18.1 Å². The Morgan fingerprint density at radius 2 is 0.714 bits per heavy atom. The molecular formula is C18H39ClCuN. The van der Waals surface area contributed by atoms with Crippen molar-refractivity contribution in [3.8, 4) is 0 Å². The van der Waals surface area contributed by atoms with Crippen LogP contribution in [-0.2, 0) is 17.1 Å². The van der Waals surface area contributed by atoms with Crippen LogP contribution in [0.3, 0.4) is 0 Å². The Bertz CT molecular complexity index is 140. The molecule has 0 aromatic heterocycles. The van der Waals surface area contributed by atoms with Crippen LogP contribution in [0.15, 0.2) is 0 Å². The first-order valence-corrected chi connectivity index (χ1v) is 9.12. The van der Waals surface area contributed by atoms with Crippen LogP contribution in [-0.4, -0.2) is 6.54 Å². The second-order valence-electron chi connectivity index (χ2n) is 6.09. The minimum absolute atomic E-state index is 0. The average Bonchev–Trinajstić information content (AvgIpc) is 2.43. The molecule has 0 amide bonds. The maximum atomic E-state index is 5.48. The van der Waals surface area contributed by atoms with E-state index in [1.165, 1.54) is 103 Å². The molecule has 3 heteroatoms. The molecule has 0 spiro atoms. The van der Waals surface area contributed by atoms with Gasteiger partial charge < -0.3 is 18.1 Å². The summed E-state index contributed by atoms with van der Waals surface area (Å²) in [7, 11) is 0. The van der Waals surface area contributed by atoms with Crippen LogP contribution in [0.4, 0.5) is 0 Å². The summed E-state index contributed by atoms with van der Waals surface area (Å²) in [5.41, 5.74) is 5.48. The van der Waals surface area contributed by atoms with E-state index in [1.54, 1.807) is 0 Å². The minimum Gasteiger partial charge on any atom is -1.00 e. The first kappa shape index (κ1) is 26.7. The van der Waals surface area contributed by atoms with Gasteiger partial charge in [0.1, 0.15) is 0 Å². The van der Waals surface area contributed by atoms with E-state index < -0.39 is 0 Å². The predicted octanol–water partition coefficient (Wildman–Crippen LogP) is 3.21. The molecule has 0 unspecified atom stereocenters. The fourth-order valence-corrected chi connectivity index (χ4v) is 2.69. The number of unbranched alkanes of at least 4 members (excludes halogenated alkanes) is 15. The summed E-state index contributed by atoms with van der Waals surface area (Å²) in [6.45, 7) is 3.16. The van der Waals surface area contributed by atoms with Crippen molar-refractivity contribution in [2.24, 2.45) is 5.73 Å². The van der Waals surface area contributed by atoms with Gasteiger partial charge in [-0.1, -0.05) is 103 Å². The summed E-state index contributed by atoms with van der Waals surface area (Å²) in [5.74, 6) is 0. The second-order valence-corrected chi connectivity index (χ2v) is 6.09. The molecular weight excluding hydrogens is 329 g/mol. The molecule has 0 atom stereocenters. The van der Waals surface area contributed by atoms with Crippen molar-refractivity contribution in [1.29, 1.82) is 0 Å². The molecule has 1 nitrogen and oxygen atoms in total. The number of nitrogens with two attached hydrogens (primary N) is 1. The van der Waals surface area contributed by atoms with E-state index in [1.807, 2.05) is 0 Å². The van der Waals surface area contributed by atoms with Crippen molar-refractivity contribution in [2.75, 3.05) is 6.54 Å². The summed E-state index contributed by atoms with van der Waals surface area (Å²) in [6, 6.07) is 0. The Balaban J connectivity index is -0.00000162. The third kappa shape index (κ3) is 26.0. The van der Waals surface area contributed by atoms with Gasteiger partial charge in [-0.15, -0.1) is 0 Å². The minimum atomic E-state index is 0. The molecule has 0 saturated heterocycles. The normalized spacial score (nSPS) is 10.0. The van der Waals surface area contributed by atoms with E-state index in [2.05, 4.69) is 6.92 Å². The molecule has 2 N–H and O–H groups in total. The van der Waals surface area contributed by atoms with Crippen molar-refractivity contribution >= 4 is 0 Å². The summed E-state index contributed by atoms with van der Waals surface area (Å²) in [6.07, 6.45) is 22.9. The van der Waals surface area contributed by atoms with Gasteiger partial charge in [-0.25, -0.2) is 0 Å². The molecule has 0 aliphatic heterocycles. The molecule has 0 rings (SSSR count). The zero-order valence-corrected chi connectivity index (χ0v) is 16.0. The molecule has 0 heterocycles. The Kier molecular flexibility index (Phi) is 32.6. The fraction of sp³-hybridized carbons (Fsp3) is 1.00. The van der Waals surface area contributed by atoms with Crippen molar-refractivity contribution in [3.05, 3.63) is 0 Å². The van der Waals surface area contributed by atoms with Gasteiger partial charge in [-0.05, 0) is 13.0 Å². The molecule has 0 fully saturated rings. The second kappa shape index (κ2) is 25.7. The number of hydrogen-bond acceptors (Lipinski definition) is 1. The van der Waals surface area contributed by atoms with Gasteiger partial charge >= 0.3 is 17.1 Å². The molecule has 0 radical (unpaired) electrons. The van der Waals surface area contributed by atoms with Crippen molar-refractivity contribution < 1.29 is 29.5 Å². The van der Waals surface area contributed by atoms with E-state index >= 15 is 0 Å². The maximum Gasteiger partial charge on any atom is 1.00 e. The van der Waals surface area contributed by atoms with E-state index in [0.29, 0.717) is 0 Å². The van der Waals surface area contributed by atoms with Crippen molar-refractivity contribution in [2.45, 2.75) is 110 Å². The monoisotopic (exact) mass is 367 g/mol. The van der Waals surface area contributed by atoms with E-state index in [0.717, 1.165) is 6.54 Å². The van der Waals surface area contributed by atoms with Gasteiger partial charge in [-0.3, -0.25) is 0 Å².